The number of fused-ring (bicyclic) bond motifs is 1. The first kappa shape index (κ1) is 28.8. The van der Waals surface area contributed by atoms with Gasteiger partial charge in [-0.05, 0) is 100 Å². The third-order valence-electron chi connectivity index (χ3n) is 11.0. The number of halogens is 1. The molecule has 2 aromatic heterocycles. The van der Waals surface area contributed by atoms with Crippen LogP contribution in [-0.4, -0.2) is 46.1 Å². The summed E-state index contributed by atoms with van der Waals surface area (Å²) in [6.07, 6.45) is 12.3. The molecule has 43 heavy (non-hydrogen) atoms. The van der Waals surface area contributed by atoms with Gasteiger partial charge in [-0.15, -0.1) is 10.2 Å². The molecule has 0 radical (unpaired) electrons. The number of aromatic amines is 1. The lowest BCUT2D eigenvalue weighted by Gasteiger charge is -2.56. The summed E-state index contributed by atoms with van der Waals surface area (Å²) in [7, 11) is -3.39. The Balaban J connectivity index is 1.12. The topological polar surface area (TPSA) is 143 Å². The Morgan fingerprint density at radius 2 is 1.65 bits per heavy atom. The van der Waals surface area contributed by atoms with E-state index >= 15 is 0 Å². The lowest BCUT2D eigenvalue weighted by molar-refractivity contribution is -0.00732. The zero-order valence-electron chi connectivity index (χ0n) is 24.9. The number of anilines is 1. The highest BCUT2D eigenvalue weighted by atomic mass is 35.5. The van der Waals surface area contributed by atoms with E-state index in [2.05, 4.69) is 44.7 Å². The van der Waals surface area contributed by atoms with Gasteiger partial charge in [0.1, 0.15) is 5.02 Å². The number of nitrogens with one attached hydrogen (secondary N) is 4. The third-order valence-corrected chi connectivity index (χ3v) is 12.0. The number of hydroxylamine groups is 1. The second kappa shape index (κ2) is 10.0. The van der Waals surface area contributed by atoms with E-state index in [9.17, 15) is 13.2 Å². The predicted molar refractivity (Wildman–Crippen MR) is 164 cm³/mol. The zero-order valence-corrected chi connectivity index (χ0v) is 26.4. The van der Waals surface area contributed by atoms with E-state index in [1.165, 1.54) is 38.5 Å². The molecule has 0 aliphatic heterocycles. The van der Waals surface area contributed by atoms with Crippen molar-refractivity contribution in [3.8, 4) is 5.75 Å². The SMILES string of the molecule is CC1(NC(=O)NOc2ccc(NS(C)(=O)=O)cc2)CCCCC1(C)c1nnc2c(Cl)c(C34CC5CC(CC(C5)C3)C4)[nH]n12. The smallest absolute Gasteiger partial charge is 0.348 e. The molecule has 8 rings (SSSR count). The van der Waals surface area contributed by atoms with Crippen LogP contribution in [0.4, 0.5) is 10.5 Å². The van der Waals surface area contributed by atoms with E-state index in [0.717, 1.165) is 61.2 Å². The van der Waals surface area contributed by atoms with Crippen LogP contribution in [-0.2, 0) is 20.9 Å². The maximum atomic E-state index is 13.2. The Kier molecular flexibility index (Phi) is 6.70. The summed E-state index contributed by atoms with van der Waals surface area (Å²) in [6, 6.07) is 5.79. The molecule has 5 aliphatic rings. The minimum Gasteiger partial charge on any atom is -0.378 e. The monoisotopic (exact) mass is 629 g/mol. The Hall–Kier alpha value is -2.99. The van der Waals surface area contributed by atoms with E-state index in [1.54, 1.807) is 24.3 Å². The number of hydrogen-bond donors (Lipinski definition) is 4. The summed E-state index contributed by atoms with van der Waals surface area (Å²) in [5.41, 5.74) is 3.59. The first-order valence-corrected chi connectivity index (χ1v) is 17.6. The fraction of sp³-hybridized carbons (Fsp3) is 0.633. The van der Waals surface area contributed by atoms with Crippen molar-refractivity contribution in [2.24, 2.45) is 17.8 Å². The van der Waals surface area contributed by atoms with Crippen molar-refractivity contribution < 1.29 is 18.0 Å². The molecule has 11 nitrogen and oxygen atoms in total. The van der Waals surface area contributed by atoms with Crippen molar-refractivity contribution in [2.45, 2.75) is 94.4 Å². The molecule has 2 unspecified atom stereocenters. The van der Waals surface area contributed by atoms with Gasteiger partial charge in [0.2, 0.25) is 10.0 Å². The van der Waals surface area contributed by atoms with Crippen LogP contribution < -0.4 is 20.4 Å². The van der Waals surface area contributed by atoms with Gasteiger partial charge in [-0.25, -0.2) is 17.7 Å². The molecule has 2 heterocycles. The van der Waals surface area contributed by atoms with E-state index in [1.807, 2.05) is 4.52 Å². The number of aromatic nitrogens is 4. The van der Waals surface area contributed by atoms with Gasteiger partial charge < -0.3 is 10.2 Å². The van der Waals surface area contributed by atoms with Gasteiger partial charge in [0, 0.05) is 11.1 Å². The molecule has 3 aromatic rings. The predicted octanol–water partition coefficient (Wildman–Crippen LogP) is 5.43. The number of amides is 2. The number of benzene rings is 1. The molecule has 232 valence electrons. The molecule has 4 N–H and O–H groups in total. The second-order valence-corrected chi connectivity index (χ2v) is 16.2. The van der Waals surface area contributed by atoms with Crippen molar-refractivity contribution in [3.63, 3.8) is 0 Å². The first-order valence-electron chi connectivity index (χ1n) is 15.3. The van der Waals surface area contributed by atoms with Gasteiger partial charge in [-0.2, -0.15) is 5.48 Å². The molecular weight excluding hydrogens is 590 g/mol. The summed E-state index contributed by atoms with van der Waals surface area (Å²) >= 11 is 7.10. The number of hydrogen-bond acceptors (Lipinski definition) is 6. The van der Waals surface area contributed by atoms with Crippen LogP contribution in [0.3, 0.4) is 0 Å². The van der Waals surface area contributed by atoms with E-state index in [-0.39, 0.29) is 5.41 Å². The molecule has 5 fully saturated rings. The highest BCUT2D eigenvalue weighted by Crippen LogP contribution is 2.61. The van der Waals surface area contributed by atoms with Gasteiger partial charge in [0.15, 0.2) is 17.2 Å². The number of urea groups is 1. The standard InChI is InChI=1S/C30H40ClN7O4S/c1-28(10-4-5-11-29(28,2)32-27(39)36-42-22-8-6-21(7-9-22)37-43(3,40)41)26-34-33-25-23(31)24(35-38(25)26)30-15-18-12-19(16-30)14-20(13-18)17-30/h6-9,18-20,35,37H,4-5,10-17H2,1-3H3,(H2,32,36,39). The fourth-order valence-corrected chi connectivity index (χ4v) is 10.1. The minimum atomic E-state index is -3.39. The Morgan fingerprint density at radius 3 is 2.28 bits per heavy atom. The molecule has 1 aromatic carbocycles. The molecule has 0 spiro atoms. The van der Waals surface area contributed by atoms with Crippen LogP contribution in [0.1, 0.15) is 89.6 Å². The summed E-state index contributed by atoms with van der Waals surface area (Å²) in [5.74, 6) is 3.52. The molecular formula is C30H40ClN7O4S. The van der Waals surface area contributed by atoms with Crippen LogP contribution >= 0.6 is 11.6 Å². The second-order valence-electron chi connectivity index (χ2n) is 14.1. The van der Waals surface area contributed by atoms with E-state index in [0.29, 0.717) is 22.1 Å². The summed E-state index contributed by atoms with van der Waals surface area (Å²) in [5, 5.41) is 16.9. The lowest BCUT2D eigenvalue weighted by atomic mass is 9.49. The quantitative estimate of drug-likeness (QED) is 0.257. The Bertz CT molecular complexity index is 1630. The molecule has 5 aliphatic carbocycles. The average molecular weight is 630 g/mol. The Morgan fingerprint density at radius 1 is 1.02 bits per heavy atom. The fourth-order valence-electron chi connectivity index (χ4n) is 9.18. The average Bonchev–Trinajstić information content (AvgIpc) is 3.49. The van der Waals surface area contributed by atoms with E-state index < -0.39 is 27.0 Å². The van der Waals surface area contributed by atoms with Crippen LogP contribution in [0.2, 0.25) is 5.02 Å². The molecule has 4 bridgehead atoms. The lowest BCUT2D eigenvalue weighted by Crippen LogP contribution is -2.63. The van der Waals surface area contributed by atoms with Crippen molar-refractivity contribution in [1.82, 2.24) is 30.6 Å². The van der Waals surface area contributed by atoms with Crippen molar-refractivity contribution in [3.05, 3.63) is 40.8 Å². The maximum absolute atomic E-state index is 13.2. The highest BCUT2D eigenvalue weighted by Gasteiger charge is 2.55. The largest absolute Gasteiger partial charge is 0.378 e. The molecule has 2 amide bonds. The highest BCUT2D eigenvalue weighted by molar-refractivity contribution is 7.92. The Labute approximate surface area is 256 Å². The molecule has 2 atom stereocenters. The third kappa shape index (κ3) is 4.94. The number of carbonyl (C=O) groups excluding carboxylic acids is 1. The van der Waals surface area contributed by atoms with Gasteiger partial charge in [-0.3, -0.25) is 9.82 Å². The van der Waals surface area contributed by atoms with Gasteiger partial charge in [0.25, 0.3) is 0 Å². The number of rotatable bonds is 7. The van der Waals surface area contributed by atoms with Gasteiger partial charge in [0.05, 0.1) is 22.9 Å². The number of carbonyl (C=O) groups is 1. The normalized spacial score (nSPS) is 33.4. The molecule has 5 saturated carbocycles. The van der Waals surface area contributed by atoms with Crippen LogP contribution in [0.5, 0.6) is 5.75 Å². The molecule has 13 heteroatoms. The summed E-state index contributed by atoms with van der Waals surface area (Å²) < 4.78 is 27.3. The van der Waals surface area contributed by atoms with Crippen LogP contribution in [0.15, 0.2) is 24.3 Å². The van der Waals surface area contributed by atoms with Crippen LogP contribution in [0.25, 0.3) is 5.65 Å². The maximum Gasteiger partial charge on any atom is 0.348 e. The first-order chi connectivity index (χ1) is 20.4. The number of H-pyrrole nitrogens is 1. The van der Waals surface area contributed by atoms with Crippen molar-refractivity contribution >= 4 is 39.0 Å². The van der Waals surface area contributed by atoms with Gasteiger partial charge in [-0.1, -0.05) is 31.4 Å². The van der Waals surface area contributed by atoms with Crippen molar-refractivity contribution in [2.75, 3.05) is 11.0 Å². The molecule has 0 saturated heterocycles. The summed E-state index contributed by atoms with van der Waals surface area (Å²) in [6.45, 7) is 4.21. The van der Waals surface area contributed by atoms with E-state index in [4.69, 9.17) is 16.4 Å². The zero-order chi connectivity index (χ0) is 30.2. The van der Waals surface area contributed by atoms with Crippen LogP contribution in [0, 0.1) is 17.8 Å². The number of nitrogens with zero attached hydrogens (tertiary/aromatic N) is 3. The number of sulfonamides is 1. The van der Waals surface area contributed by atoms with Crippen molar-refractivity contribution in [1.29, 1.82) is 0 Å². The minimum absolute atomic E-state index is 0.0924. The summed E-state index contributed by atoms with van der Waals surface area (Å²) in [4.78, 5) is 18.7. The van der Waals surface area contributed by atoms with Gasteiger partial charge >= 0.3 is 6.03 Å².